The summed E-state index contributed by atoms with van der Waals surface area (Å²) in [6.45, 7) is 2.05. The Hall–Kier alpha value is -4.31. The minimum atomic E-state index is -1.47. The van der Waals surface area contributed by atoms with Gasteiger partial charge in [-0.25, -0.2) is 14.5 Å². The molecule has 1 saturated heterocycles. The summed E-state index contributed by atoms with van der Waals surface area (Å²) in [5.74, 6) is -1.12. The van der Waals surface area contributed by atoms with E-state index in [1.54, 1.807) is 22.5 Å². The highest BCUT2D eigenvalue weighted by atomic mass is 32.2. The molecule has 202 valence electrons. The predicted molar refractivity (Wildman–Crippen MR) is 138 cm³/mol. The van der Waals surface area contributed by atoms with Crippen LogP contribution in [0.2, 0.25) is 0 Å². The zero-order valence-electron chi connectivity index (χ0n) is 21.0. The number of nitrogen functional groups attached to an aromatic ring is 1. The lowest BCUT2D eigenvalue weighted by molar-refractivity contribution is -0.688. The molecule has 0 aliphatic carbocycles. The van der Waals surface area contributed by atoms with Crippen molar-refractivity contribution in [1.29, 1.82) is 0 Å². The highest BCUT2D eigenvalue weighted by Gasteiger charge is 2.53. The Kier molecular flexibility index (Phi) is 7.05. The lowest BCUT2D eigenvalue weighted by Crippen LogP contribution is -2.71. The van der Waals surface area contributed by atoms with E-state index in [-0.39, 0.29) is 28.8 Å². The maximum Gasteiger partial charge on any atom is 0.276 e. The zero-order chi connectivity index (χ0) is 27.8. The summed E-state index contributed by atoms with van der Waals surface area (Å²) in [5.41, 5.74) is 6.77. The number of aryl methyl sites for hydroxylation is 2. The number of carbonyl (C=O) groups is 3. The van der Waals surface area contributed by atoms with Crippen LogP contribution in [0.5, 0.6) is 0 Å². The first-order chi connectivity index (χ1) is 18.7. The highest BCUT2D eigenvalue weighted by molar-refractivity contribution is 8.00. The van der Waals surface area contributed by atoms with Gasteiger partial charge in [-0.3, -0.25) is 19.2 Å². The molecular formula is C23H23N9O5S2. The Labute approximate surface area is 230 Å². The van der Waals surface area contributed by atoms with Crippen molar-refractivity contribution >= 4 is 51.7 Å². The number of thiazole rings is 1. The molecule has 5 rings (SSSR count). The number of hydrogen-bond donors (Lipinski definition) is 2. The van der Waals surface area contributed by atoms with E-state index in [0.717, 1.165) is 27.6 Å². The standard InChI is InChI=1S/C23H23N9O5S2/c1-11-25-18(28-30(11)2)12-5-4-6-31(7-12)8-13-9-38-21-16(20(34)32(21)17(13)22(35)36)27-19(33)15(29-37-3)14-10-39-23(24)26-14/h4-7,10,16,21H,8-9H2,1-3H3,(H3-,24,26,27,33,35,36)/b29-15+/t16-,21-/m1/s1. The second-order valence-electron chi connectivity index (χ2n) is 8.67. The molecule has 0 radical (unpaired) electrons. The summed E-state index contributed by atoms with van der Waals surface area (Å²) in [5, 5.41) is 24.1. The molecule has 2 aliphatic heterocycles. The van der Waals surface area contributed by atoms with Crippen molar-refractivity contribution in [2.24, 2.45) is 12.2 Å². The Bertz CT molecular complexity index is 1530. The van der Waals surface area contributed by atoms with Crippen LogP contribution in [-0.2, 0) is 32.8 Å². The summed E-state index contributed by atoms with van der Waals surface area (Å²) >= 11 is 2.46. The van der Waals surface area contributed by atoms with Gasteiger partial charge >= 0.3 is 0 Å². The van der Waals surface area contributed by atoms with Crippen molar-refractivity contribution in [1.82, 2.24) is 30.0 Å². The number of amides is 2. The quantitative estimate of drug-likeness (QED) is 0.141. The van der Waals surface area contributed by atoms with Crippen LogP contribution in [0.3, 0.4) is 0 Å². The molecule has 0 bridgehead atoms. The predicted octanol–water partition coefficient (Wildman–Crippen LogP) is -1.43. The fourth-order valence-corrected chi connectivity index (χ4v) is 6.14. The minimum absolute atomic E-state index is 0.150. The highest BCUT2D eigenvalue weighted by Crippen LogP contribution is 2.40. The molecule has 3 aromatic rings. The Morgan fingerprint density at radius 2 is 2.18 bits per heavy atom. The van der Waals surface area contributed by atoms with E-state index in [1.165, 1.54) is 24.3 Å². The number of hydrogen-bond acceptors (Lipinski definition) is 12. The van der Waals surface area contributed by atoms with E-state index < -0.39 is 29.2 Å². The normalized spacial score (nSPS) is 19.0. The number of oxime groups is 1. The van der Waals surface area contributed by atoms with Crippen LogP contribution < -0.4 is 20.7 Å². The van der Waals surface area contributed by atoms with Gasteiger partial charge in [-0.15, -0.1) is 23.1 Å². The fraction of sp³-hybridized carbons (Fsp3) is 0.304. The number of β-lactam (4-membered cyclic amide) rings is 1. The number of carboxylic acid groups (broad SMARTS) is 1. The van der Waals surface area contributed by atoms with Gasteiger partial charge in [-0.05, 0) is 13.0 Å². The Morgan fingerprint density at radius 1 is 1.38 bits per heavy atom. The van der Waals surface area contributed by atoms with E-state index in [0.29, 0.717) is 17.2 Å². The summed E-state index contributed by atoms with van der Waals surface area (Å²) in [7, 11) is 3.08. The van der Waals surface area contributed by atoms with Gasteiger partial charge in [0.05, 0.1) is 17.2 Å². The molecule has 3 aromatic heterocycles. The summed E-state index contributed by atoms with van der Waals surface area (Å²) in [6, 6.07) is 2.71. The van der Waals surface area contributed by atoms with Crippen LogP contribution in [0.1, 0.15) is 11.5 Å². The first-order valence-electron chi connectivity index (χ1n) is 11.6. The third-order valence-electron chi connectivity index (χ3n) is 6.16. The van der Waals surface area contributed by atoms with Gasteiger partial charge in [0.25, 0.3) is 11.8 Å². The first kappa shape index (κ1) is 26.3. The number of carboxylic acids is 1. The number of nitrogens with one attached hydrogen (secondary N) is 1. The van der Waals surface area contributed by atoms with E-state index in [4.69, 9.17) is 10.6 Å². The van der Waals surface area contributed by atoms with Gasteiger partial charge in [0, 0.05) is 29.8 Å². The van der Waals surface area contributed by atoms with Crippen LogP contribution in [0, 0.1) is 6.92 Å². The molecule has 5 heterocycles. The molecule has 3 N–H and O–H groups in total. The van der Waals surface area contributed by atoms with Crippen molar-refractivity contribution < 1.29 is 28.9 Å². The average Bonchev–Trinajstić information content (AvgIpc) is 3.49. The molecule has 16 heteroatoms. The minimum Gasteiger partial charge on any atom is -0.543 e. The zero-order valence-corrected chi connectivity index (χ0v) is 22.7. The molecule has 0 spiro atoms. The number of rotatable bonds is 8. The molecular weight excluding hydrogens is 546 g/mol. The van der Waals surface area contributed by atoms with Gasteiger partial charge in [0.2, 0.25) is 0 Å². The van der Waals surface area contributed by atoms with Crippen molar-refractivity contribution in [2.45, 2.75) is 24.9 Å². The molecule has 2 aliphatic rings. The van der Waals surface area contributed by atoms with Crippen LogP contribution in [0.4, 0.5) is 5.13 Å². The van der Waals surface area contributed by atoms with Gasteiger partial charge in [-0.2, -0.15) is 5.10 Å². The average molecular weight is 570 g/mol. The Morgan fingerprint density at radius 3 is 2.82 bits per heavy atom. The number of anilines is 1. The van der Waals surface area contributed by atoms with Crippen LogP contribution in [0.25, 0.3) is 11.4 Å². The fourth-order valence-electron chi connectivity index (χ4n) is 4.25. The number of thioether (sulfide) groups is 1. The summed E-state index contributed by atoms with van der Waals surface area (Å²) in [4.78, 5) is 52.6. The van der Waals surface area contributed by atoms with Crippen molar-refractivity contribution in [3.05, 3.63) is 52.7 Å². The maximum atomic E-state index is 13.1. The van der Waals surface area contributed by atoms with Crippen LogP contribution in [0.15, 0.2) is 46.3 Å². The second kappa shape index (κ2) is 10.5. The van der Waals surface area contributed by atoms with E-state index in [1.807, 2.05) is 25.3 Å². The third kappa shape index (κ3) is 4.95. The molecule has 39 heavy (non-hydrogen) atoms. The van der Waals surface area contributed by atoms with Gasteiger partial charge in [0.15, 0.2) is 35.6 Å². The van der Waals surface area contributed by atoms with Gasteiger partial charge < -0.3 is 25.8 Å². The topological polar surface area (TPSA) is 185 Å². The van der Waals surface area contributed by atoms with E-state index in [2.05, 4.69) is 25.5 Å². The van der Waals surface area contributed by atoms with E-state index in [9.17, 15) is 19.5 Å². The summed E-state index contributed by atoms with van der Waals surface area (Å²) in [6.07, 6.45) is 3.60. The lowest BCUT2D eigenvalue weighted by atomic mass is 10.0. The number of nitrogens with two attached hydrogens (primary N) is 1. The van der Waals surface area contributed by atoms with Crippen molar-refractivity contribution in [2.75, 3.05) is 18.6 Å². The molecule has 0 saturated carbocycles. The largest absolute Gasteiger partial charge is 0.543 e. The molecule has 2 amide bonds. The smallest absolute Gasteiger partial charge is 0.276 e. The monoisotopic (exact) mass is 569 g/mol. The van der Waals surface area contributed by atoms with Crippen LogP contribution >= 0.6 is 23.1 Å². The molecule has 2 atom stereocenters. The second-order valence-corrected chi connectivity index (χ2v) is 10.7. The number of fused-ring (bicyclic) bond motifs is 1. The number of aromatic nitrogens is 5. The van der Waals surface area contributed by atoms with Crippen LogP contribution in [-0.4, -0.2) is 72.4 Å². The molecule has 14 nitrogen and oxygen atoms in total. The van der Waals surface area contributed by atoms with Crippen molar-refractivity contribution in [3.63, 3.8) is 0 Å². The van der Waals surface area contributed by atoms with Crippen molar-refractivity contribution in [3.8, 4) is 11.4 Å². The first-order valence-corrected chi connectivity index (χ1v) is 13.5. The lowest BCUT2D eigenvalue weighted by Gasteiger charge is -2.50. The SMILES string of the molecule is CO/N=C(/C(=O)N[C@@H]1C(=O)N2C(C(=O)[O-])=C(C[n+]3cccc(-c4nc(C)n(C)n4)c3)CS[C@H]12)c1csc(N)n1. The summed E-state index contributed by atoms with van der Waals surface area (Å²) < 4.78 is 3.47. The number of pyridine rings is 1. The maximum absolute atomic E-state index is 13.1. The molecule has 0 unspecified atom stereocenters. The Balaban J connectivity index is 1.35. The van der Waals surface area contributed by atoms with Gasteiger partial charge in [-0.1, -0.05) is 5.16 Å². The number of aliphatic carboxylic acids is 1. The third-order valence-corrected chi connectivity index (χ3v) is 8.17. The number of nitrogens with zero attached hydrogens (tertiary/aromatic N) is 7. The number of carbonyl (C=O) groups excluding carboxylic acids is 3. The van der Waals surface area contributed by atoms with Gasteiger partial charge in [0.1, 0.15) is 30.0 Å². The molecule has 0 aromatic carbocycles. The molecule has 1 fully saturated rings. The van der Waals surface area contributed by atoms with E-state index >= 15 is 0 Å².